The summed E-state index contributed by atoms with van der Waals surface area (Å²) in [7, 11) is 1.44. The summed E-state index contributed by atoms with van der Waals surface area (Å²) >= 11 is 1.33. The molecule has 8 nitrogen and oxygen atoms in total. The highest BCUT2D eigenvalue weighted by molar-refractivity contribution is 7.13. The quantitative estimate of drug-likeness (QED) is 0.371. The van der Waals surface area contributed by atoms with Crippen molar-refractivity contribution in [3.63, 3.8) is 0 Å². The highest BCUT2D eigenvalue weighted by atomic mass is 32.1. The average molecular weight is 482 g/mol. The maximum Gasteiger partial charge on any atom is 0.262 e. The van der Waals surface area contributed by atoms with Crippen LogP contribution < -0.4 is 19.7 Å². The first-order valence-corrected chi connectivity index (χ1v) is 11.0. The Hall–Kier alpha value is -4.18. The van der Waals surface area contributed by atoms with Crippen molar-refractivity contribution in [1.29, 1.82) is 0 Å². The van der Waals surface area contributed by atoms with E-state index in [1.165, 1.54) is 53.7 Å². The molecule has 4 rings (SSSR count). The monoisotopic (exact) mass is 481 g/mol. The van der Waals surface area contributed by atoms with Gasteiger partial charge in [-0.1, -0.05) is 0 Å². The molecule has 0 atom stereocenters. The largest absolute Gasteiger partial charge is 0.493 e. The molecule has 0 fully saturated rings. The van der Waals surface area contributed by atoms with Gasteiger partial charge in [-0.05, 0) is 54.6 Å². The Kier molecular flexibility index (Phi) is 7.19. The van der Waals surface area contributed by atoms with E-state index in [9.17, 15) is 14.0 Å². The highest BCUT2D eigenvalue weighted by Gasteiger charge is 2.23. The molecule has 0 aliphatic carbocycles. The molecule has 174 valence electrons. The second-order valence-electron chi connectivity index (χ2n) is 6.99. The van der Waals surface area contributed by atoms with Crippen molar-refractivity contribution >= 4 is 34.0 Å². The molecule has 2 aromatic carbocycles. The Bertz CT molecular complexity index is 1240. The van der Waals surface area contributed by atoms with Gasteiger partial charge in [0.25, 0.3) is 11.8 Å². The van der Waals surface area contributed by atoms with Crippen LogP contribution in [0, 0.1) is 5.82 Å². The number of rotatable bonds is 9. The number of amides is 2. The number of methoxy groups -OCH3 is 1. The Balaban J connectivity index is 1.46. The van der Waals surface area contributed by atoms with E-state index >= 15 is 0 Å². The lowest BCUT2D eigenvalue weighted by Crippen LogP contribution is -2.30. The van der Waals surface area contributed by atoms with Crippen molar-refractivity contribution < 1.29 is 27.9 Å². The molecular weight excluding hydrogens is 461 g/mol. The summed E-state index contributed by atoms with van der Waals surface area (Å²) in [6.07, 6.45) is 3.16. The molecule has 1 N–H and O–H groups in total. The van der Waals surface area contributed by atoms with Crippen LogP contribution in [0.3, 0.4) is 0 Å². The first kappa shape index (κ1) is 23.0. The topological polar surface area (TPSA) is 93.9 Å². The molecule has 0 saturated heterocycles. The number of hydrogen-bond donors (Lipinski definition) is 1. The van der Waals surface area contributed by atoms with E-state index in [4.69, 9.17) is 13.9 Å². The normalized spacial score (nSPS) is 10.5. The van der Waals surface area contributed by atoms with E-state index in [1.807, 2.05) is 0 Å². The van der Waals surface area contributed by atoms with E-state index in [1.54, 1.807) is 42.1 Å². The number of aromatic nitrogens is 1. The fraction of sp³-hybridized carbons (Fsp3) is 0.125. The number of hydrogen-bond acceptors (Lipinski definition) is 7. The molecule has 10 heteroatoms. The second-order valence-corrected chi connectivity index (χ2v) is 7.87. The van der Waals surface area contributed by atoms with Crippen molar-refractivity contribution in [3.05, 3.63) is 89.6 Å². The van der Waals surface area contributed by atoms with Gasteiger partial charge in [-0.15, -0.1) is 11.3 Å². The van der Waals surface area contributed by atoms with Crippen molar-refractivity contribution in [3.8, 4) is 11.5 Å². The summed E-state index contributed by atoms with van der Waals surface area (Å²) in [5.41, 5.74) is 0.795. The summed E-state index contributed by atoms with van der Waals surface area (Å²) in [5.74, 6) is 0.0685. The number of anilines is 2. The number of nitrogens with one attached hydrogen (secondary N) is 1. The Morgan fingerprint density at radius 2 is 1.97 bits per heavy atom. The zero-order valence-corrected chi connectivity index (χ0v) is 18.9. The number of benzene rings is 2. The molecule has 2 heterocycles. The third-order valence-electron chi connectivity index (χ3n) is 4.69. The number of nitrogens with zero attached hydrogens (tertiary/aromatic N) is 2. The minimum Gasteiger partial charge on any atom is -0.493 e. The Morgan fingerprint density at radius 3 is 2.65 bits per heavy atom. The van der Waals surface area contributed by atoms with Crippen LogP contribution in [0.4, 0.5) is 15.2 Å². The summed E-state index contributed by atoms with van der Waals surface area (Å²) < 4.78 is 29.4. The van der Waals surface area contributed by atoms with Crippen molar-refractivity contribution in [2.24, 2.45) is 0 Å². The first-order valence-electron chi connectivity index (χ1n) is 10.1. The van der Waals surface area contributed by atoms with E-state index in [0.29, 0.717) is 27.9 Å². The fourth-order valence-corrected chi connectivity index (χ4v) is 3.72. The van der Waals surface area contributed by atoms with E-state index in [0.717, 1.165) is 0 Å². The van der Waals surface area contributed by atoms with Gasteiger partial charge in [0, 0.05) is 22.8 Å². The van der Waals surface area contributed by atoms with Crippen molar-refractivity contribution in [2.75, 3.05) is 23.9 Å². The van der Waals surface area contributed by atoms with Gasteiger partial charge in [-0.2, -0.15) is 0 Å². The van der Waals surface area contributed by atoms with Gasteiger partial charge in [-0.3, -0.25) is 14.5 Å². The number of carbonyl (C=O) groups excluding carboxylic acids is 2. The smallest absolute Gasteiger partial charge is 0.262 e. The molecule has 2 amide bonds. The van der Waals surface area contributed by atoms with Crippen molar-refractivity contribution in [1.82, 2.24) is 4.98 Å². The van der Waals surface area contributed by atoms with E-state index in [-0.39, 0.29) is 24.8 Å². The van der Waals surface area contributed by atoms with Gasteiger partial charge in [0.2, 0.25) is 0 Å². The van der Waals surface area contributed by atoms with Crippen LogP contribution in [0.5, 0.6) is 11.5 Å². The van der Waals surface area contributed by atoms with Gasteiger partial charge in [0.15, 0.2) is 23.2 Å². The third kappa shape index (κ3) is 5.59. The number of ether oxygens (including phenoxy) is 2. The number of furan rings is 1. The molecule has 0 aliphatic rings. The molecule has 2 aromatic heterocycles. The summed E-state index contributed by atoms with van der Waals surface area (Å²) in [4.78, 5) is 31.2. The Labute approximate surface area is 198 Å². The van der Waals surface area contributed by atoms with Gasteiger partial charge in [0.1, 0.15) is 11.6 Å². The lowest BCUT2D eigenvalue weighted by Gasteiger charge is -2.19. The molecule has 0 bridgehead atoms. The van der Waals surface area contributed by atoms with E-state index < -0.39 is 11.7 Å². The fourth-order valence-electron chi connectivity index (χ4n) is 3.08. The van der Waals surface area contributed by atoms with Crippen LogP contribution in [-0.2, 0) is 11.3 Å². The zero-order chi connectivity index (χ0) is 23.9. The summed E-state index contributed by atoms with van der Waals surface area (Å²) in [5, 5.41) is 4.92. The third-order valence-corrected chi connectivity index (χ3v) is 5.48. The summed E-state index contributed by atoms with van der Waals surface area (Å²) in [6.45, 7) is -0.0891. The molecule has 4 aromatic rings. The lowest BCUT2D eigenvalue weighted by molar-refractivity contribution is -0.118. The lowest BCUT2D eigenvalue weighted by atomic mass is 10.1. The van der Waals surface area contributed by atoms with Gasteiger partial charge in [0.05, 0.1) is 19.9 Å². The predicted octanol–water partition coefficient (Wildman–Crippen LogP) is 4.75. The maximum absolute atomic E-state index is 13.3. The molecule has 0 unspecified atom stereocenters. The van der Waals surface area contributed by atoms with Crippen LogP contribution in [0.25, 0.3) is 0 Å². The van der Waals surface area contributed by atoms with Crippen LogP contribution in [0.15, 0.2) is 76.9 Å². The first-order chi connectivity index (χ1) is 16.5. The molecule has 0 radical (unpaired) electrons. The van der Waals surface area contributed by atoms with Crippen LogP contribution >= 0.6 is 11.3 Å². The highest BCUT2D eigenvalue weighted by Crippen LogP contribution is 2.30. The molecule has 0 aliphatic heterocycles. The number of halogens is 1. The van der Waals surface area contributed by atoms with Gasteiger partial charge in [-0.25, -0.2) is 9.37 Å². The molecule has 0 saturated carbocycles. The molecule has 34 heavy (non-hydrogen) atoms. The maximum atomic E-state index is 13.3. The minimum absolute atomic E-state index is 0.212. The summed E-state index contributed by atoms with van der Waals surface area (Å²) in [6, 6.07) is 13.6. The second kappa shape index (κ2) is 10.6. The average Bonchev–Trinajstić information content (AvgIpc) is 3.56. The SMILES string of the molecule is COc1cc(C(=O)N(Cc2ccco2)c2nccs2)ccc1OCC(=O)Nc1ccc(F)cc1. The zero-order valence-electron chi connectivity index (χ0n) is 18.1. The van der Waals surface area contributed by atoms with Crippen LogP contribution in [-0.4, -0.2) is 30.5 Å². The predicted molar refractivity (Wildman–Crippen MR) is 125 cm³/mol. The molecular formula is C24H20FN3O5S. The number of thiazole rings is 1. The van der Waals surface area contributed by atoms with Crippen LogP contribution in [0.2, 0.25) is 0 Å². The number of carbonyl (C=O) groups is 2. The standard InChI is InChI=1S/C24H20FN3O5S/c1-31-21-13-16(23(30)28(24-26-10-12-34-24)14-19-3-2-11-32-19)4-9-20(21)33-15-22(29)27-18-7-5-17(25)6-8-18/h2-13H,14-15H2,1H3,(H,27,29). The van der Waals surface area contributed by atoms with Gasteiger partial charge < -0.3 is 19.2 Å². The van der Waals surface area contributed by atoms with Crippen molar-refractivity contribution in [2.45, 2.75) is 6.54 Å². The van der Waals surface area contributed by atoms with E-state index in [2.05, 4.69) is 10.3 Å². The van der Waals surface area contributed by atoms with Crippen LogP contribution in [0.1, 0.15) is 16.1 Å². The van der Waals surface area contributed by atoms with Gasteiger partial charge >= 0.3 is 0 Å². The minimum atomic E-state index is -0.429. The molecule has 0 spiro atoms. The Morgan fingerprint density at radius 1 is 1.15 bits per heavy atom.